The zero-order valence-electron chi connectivity index (χ0n) is 17.9. The van der Waals surface area contributed by atoms with Gasteiger partial charge in [0.15, 0.2) is 12.4 Å². The lowest BCUT2D eigenvalue weighted by Crippen LogP contribution is -2.23. The highest BCUT2D eigenvalue weighted by molar-refractivity contribution is 9.10. The summed E-state index contributed by atoms with van der Waals surface area (Å²) in [6.45, 7) is 3.19. The van der Waals surface area contributed by atoms with E-state index in [2.05, 4.69) is 26.0 Å². The molecule has 33 heavy (non-hydrogen) atoms. The van der Waals surface area contributed by atoms with Gasteiger partial charge in [-0.2, -0.15) is 9.78 Å². The molecule has 0 spiro atoms. The van der Waals surface area contributed by atoms with E-state index in [-0.39, 0.29) is 28.5 Å². The van der Waals surface area contributed by atoms with Crippen LogP contribution in [-0.4, -0.2) is 40.4 Å². The summed E-state index contributed by atoms with van der Waals surface area (Å²) in [5.41, 5.74) is 5.03. The fourth-order valence-corrected chi connectivity index (χ4v) is 3.40. The van der Waals surface area contributed by atoms with E-state index in [1.165, 1.54) is 25.5 Å². The van der Waals surface area contributed by atoms with E-state index in [4.69, 9.17) is 15.2 Å². The van der Waals surface area contributed by atoms with Crippen molar-refractivity contribution in [2.45, 2.75) is 19.8 Å². The van der Waals surface area contributed by atoms with Crippen LogP contribution in [0.15, 0.2) is 44.7 Å². The number of carbonyl (C=O) groups excluding carboxylic acids is 1. The van der Waals surface area contributed by atoms with Gasteiger partial charge in [0.25, 0.3) is 11.5 Å². The molecule has 1 aromatic heterocycles. The molecular formula is C21H20BrN5O6. The molecule has 1 amide bonds. The zero-order chi connectivity index (χ0) is 24.3. The maximum absolute atomic E-state index is 13.1. The molecule has 0 bridgehead atoms. The number of ether oxygens (including phenoxy) is 2. The SMILES string of the molecule is COc1cc(C=Nn2c(C(C)C)nc3ccc(Br)cc3c2=O)cc([N+](=O)[O-])c1OCC(N)=O. The molecule has 172 valence electrons. The van der Waals surface area contributed by atoms with Crippen LogP contribution in [0.2, 0.25) is 0 Å². The average molecular weight is 518 g/mol. The van der Waals surface area contributed by atoms with Crippen molar-refractivity contribution in [1.82, 2.24) is 9.66 Å². The maximum Gasteiger partial charge on any atom is 0.315 e. The van der Waals surface area contributed by atoms with Gasteiger partial charge in [0.2, 0.25) is 5.75 Å². The van der Waals surface area contributed by atoms with E-state index in [0.717, 1.165) is 4.68 Å². The van der Waals surface area contributed by atoms with Crippen molar-refractivity contribution in [3.63, 3.8) is 0 Å². The average Bonchev–Trinajstić information content (AvgIpc) is 2.76. The lowest BCUT2D eigenvalue weighted by molar-refractivity contribution is -0.385. The number of nitrogens with two attached hydrogens (primary N) is 1. The van der Waals surface area contributed by atoms with Crippen LogP contribution in [0, 0.1) is 10.1 Å². The maximum atomic E-state index is 13.1. The molecule has 0 fully saturated rings. The highest BCUT2D eigenvalue weighted by Crippen LogP contribution is 2.38. The van der Waals surface area contributed by atoms with E-state index in [9.17, 15) is 19.7 Å². The second kappa shape index (κ2) is 9.77. The predicted molar refractivity (Wildman–Crippen MR) is 125 cm³/mol. The number of halogens is 1. The highest BCUT2D eigenvalue weighted by Gasteiger charge is 2.23. The molecule has 0 saturated carbocycles. The van der Waals surface area contributed by atoms with Gasteiger partial charge < -0.3 is 15.2 Å². The van der Waals surface area contributed by atoms with Gasteiger partial charge in [0.05, 0.1) is 29.2 Å². The molecular weight excluding hydrogens is 498 g/mol. The van der Waals surface area contributed by atoms with Gasteiger partial charge in [-0.3, -0.25) is 19.7 Å². The molecule has 0 radical (unpaired) electrons. The third kappa shape index (κ3) is 5.17. The van der Waals surface area contributed by atoms with Crippen LogP contribution in [0.5, 0.6) is 11.5 Å². The number of amides is 1. The van der Waals surface area contributed by atoms with Crippen LogP contribution in [-0.2, 0) is 4.79 Å². The van der Waals surface area contributed by atoms with E-state index in [1.54, 1.807) is 18.2 Å². The second-order valence-electron chi connectivity index (χ2n) is 7.23. The fourth-order valence-electron chi connectivity index (χ4n) is 3.03. The third-order valence-electron chi connectivity index (χ3n) is 4.51. The van der Waals surface area contributed by atoms with Crippen molar-refractivity contribution < 1.29 is 19.2 Å². The van der Waals surface area contributed by atoms with Crippen molar-refractivity contribution in [1.29, 1.82) is 0 Å². The number of aromatic nitrogens is 2. The van der Waals surface area contributed by atoms with Crippen molar-refractivity contribution in [2.24, 2.45) is 10.8 Å². The molecule has 3 rings (SSSR count). The molecule has 0 atom stereocenters. The topological polar surface area (TPSA) is 152 Å². The van der Waals surface area contributed by atoms with Gasteiger partial charge in [-0.25, -0.2) is 4.98 Å². The van der Waals surface area contributed by atoms with Gasteiger partial charge in [-0.1, -0.05) is 29.8 Å². The minimum absolute atomic E-state index is 0.00361. The largest absolute Gasteiger partial charge is 0.493 e. The number of nitro groups is 1. The van der Waals surface area contributed by atoms with Gasteiger partial charge in [-0.15, -0.1) is 0 Å². The van der Waals surface area contributed by atoms with Gasteiger partial charge >= 0.3 is 5.69 Å². The number of hydrogen-bond acceptors (Lipinski definition) is 8. The molecule has 0 aliphatic carbocycles. The van der Waals surface area contributed by atoms with Crippen LogP contribution >= 0.6 is 15.9 Å². The Morgan fingerprint density at radius 3 is 2.70 bits per heavy atom. The fraction of sp³-hybridized carbons (Fsp3) is 0.238. The molecule has 11 nitrogen and oxygen atoms in total. The van der Waals surface area contributed by atoms with E-state index in [1.807, 2.05) is 13.8 Å². The smallest absolute Gasteiger partial charge is 0.315 e. The zero-order valence-corrected chi connectivity index (χ0v) is 19.5. The Labute approximate surface area is 196 Å². The number of methoxy groups -OCH3 is 1. The Balaban J connectivity index is 2.14. The number of primary amides is 1. The van der Waals surface area contributed by atoms with Crippen molar-refractivity contribution >= 4 is 44.6 Å². The van der Waals surface area contributed by atoms with Gasteiger partial charge in [-0.05, 0) is 24.3 Å². The molecule has 3 aromatic rings. The Morgan fingerprint density at radius 2 is 2.09 bits per heavy atom. The quantitative estimate of drug-likeness (QED) is 0.273. The van der Waals surface area contributed by atoms with Crippen LogP contribution in [0.1, 0.15) is 31.2 Å². The molecule has 12 heteroatoms. The standard InChI is InChI=1S/C21H20BrN5O6/c1-11(2)20-25-15-5-4-13(22)8-14(15)21(29)26(20)24-9-12-6-16(27(30)31)19(17(7-12)32-3)33-10-18(23)28/h4-9,11H,10H2,1-3H3,(H2,23,28). The number of nitrogens with zero attached hydrogens (tertiary/aromatic N) is 4. The molecule has 2 aromatic carbocycles. The first-order valence-corrected chi connectivity index (χ1v) is 10.5. The van der Waals surface area contributed by atoms with E-state index >= 15 is 0 Å². The number of nitro benzene ring substituents is 1. The van der Waals surface area contributed by atoms with E-state index < -0.39 is 23.1 Å². The third-order valence-corrected chi connectivity index (χ3v) is 5.00. The summed E-state index contributed by atoms with van der Waals surface area (Å²) in [5, 5.41) is 16.2. The summed E-state index contributed by atoms with van der Waals surface area (Å²) >= 11 is 3.35. The Kier molecular flexibility index (Phi) is 7.07. The molecule has 1 heterocycles. The van der Waals surface area contributed by atoms with Crippen molar-refractivity contribution in [3.8, 4) is 11.5 Å². The molecule has 0 saturated heterocycles. The van der Waals surface area contributed by atoms with E-state index in [0.29, 0.717) is 21.2 Å². The molecule has 0 aliphatic heterocycles. The first-order chi connectivity index (χ1) is 15.6. The number of hydrogen-bond donors (Lipinski definition) is 1. The second-order valence-corrected chi connectivity index (χ2v) is 8.15. The summed E-state index contributed by atoms with van der Waals surface area (Å²) < 4.78 is 12.2. The summed E-state index contributed by atoms with van der Waals surface area (Å²) in [7, 11) is 1.30. The van der Waals surface area contributed by atoms with Crippen LogP contribution < -0.4 is 20.8 Å². The minimum Gasteiger partial charge on any atom is -0.493 e. The molecule has 0 aliphatic rings. The van der Waals surface area contributed by atoms with Crippen LogP contribution in [0.25, 0.3) is 10.9 Å². The first-order valence-electron chi connectivity index (χ1n) is 9.66. The predicted octanol–water partition coefficient (Wildman–Crippen LogP) is 2.95. The highest BCUT2D eigenvalue weighted by atomic mass is 79.9. The number of fused-ring (bicyclic) bond motifs is 1. The first kappa shape index (κ1) is 23.9. The lowest BCUT2D eigenvalue weighted by atomic mass is 10.1. The normalized spacial score (nSPS) is 11.3. The summed E-state index contributed by atoms with van der Waals surface area (Å²) in [6, 6.07) is 7.80. The Hall–Kier alpha value is -3.80. The van der Waals surface area contributed by atoms with Crippen LogP contribution in [0.3, 0.4) is 0 Å². The van der Waals surface area contributed by atoms with Gasteiger partial charge in [0.1, 0.15) is 5.82 Å². The number of benzene rings is 2. The summed E-state index contributed by atoms with van der Waals surface area (Å²) in [4.78, 5) is 39.6. The molecule has 2 N–H and O–H groups in total. The Morgan fingerprint density at radius 1 is 1.36 bits per heavy atom. The monoisotopic (exact) mass is 517 g/mol. The van der Waals surface area contributed by atoms with Gasteiger partial charge in [0, 0.05) is 22.0 Å². The summed E-state index contributed by atoms with van der Waals surface area (Å²) in [5.74, 6) is -0.738. The van der Waals surface area contributed by atoms with Crippen molar-refractivity contribution in [3.05, 3.63) is 66.7 Å². The minimum atomic E-state index is -0.798. The van der Waals surface area contributed by atoms with Crippen molar-refractivity contribution in [2.75, 3.05) is 13.7 Å². The van der Waals surface area contributed by atoms with Crippen LogP contribution in [0.4, 0.5) is 5.69 Å². The Bertz CT molecular complexity index is 1330. The number of rotatable bonds is 8. The molecule has 0 unspecified atom stereocenters. The number of carbonyl (C=O) groups is 1. The lowest BCUT2D eigenvalue weighted by Gasteiger charge is -2.12. The summed E-state index contributed by atoms with van der Waals surface area (Å²) in [6.07, 6.45) is 1.28.